The third kappa shape index (κ3) is 3.85. The summed E-state index contributed by atoms with van der Waals surface area (Å²) in [6.45, 7) is 3.30. The van der Waals surface area contributed by atoms with Crippen molar-refractivity contribution >= 4 is 10.9 Å². The molecule has 6 heteroatoms. The van der Waals surface area contributed by atoms with Gasteiger partial charge in [-0.15, -0.1) is 0 Å². The smallest absolute Gasteiger partial charge is 0.115 e. The summed E-state index contributed by atoms with van der Waals surface area (Å²) in [7, 11) is 0. The van der Waals surface area contributed by atoms with Crippen LogP contribution in [0.5, 0.6) is 0 Å². The van der Waals surface area contributed by atoms with Gasteiger partial charge >= 0.3 is 0 Å². The van der Waals surface area contributed by atoms with Gasteiger partial charge in [0, 0.05) is 60.9 Å². The molecule has 1 atom stereocenters. The fourth-order valence-corrected chi connectivity index (χ4v) is 3.79. The molecule has 1 fully saturated rings. The van der Waals surface area contributed by atoms with Crippen molar-refractivity contribution in [3.63, 3.8) is 0 Å². The van der Waals surface area contributed by atoms with Crippen molar-refractivity contribution < 1.29 is 4.74 Å². The summed E-state index contributed by atoms with van der Waals surface area (Å²) < 4.78 is 6.02. The van der Waals surface area contributed by atoms with Crippen LogP contribution in [0.4, 0.5) is 0 Å². The molecule has 1 unspecified atom stereocenters. The number of hydrogen-bond acceptors (Lipinski definition) is 6. The van der Waals surface area contributed by atoms with Gasteiger partial charge in [0.2, 0.25) is 0 Å². The second kappa shape index (κ2) is 8.03. The van der Waals surface area contributed by atoms with E-state index in [0.717, 1.165) is 42.0 Å². The van der Waals surface area contributed by atoms with Crippen LogP contribution in [-0.4, -0.2) is 44.5 Å². The van der Waals surface area contributed by atoms with Gasteiger partial charge in [-0.3, -0.25) is 14.9 Å². The quantitative estimate of drug-likeness (QED) is 0.536. The van der Waals surface area contributed by atoms with Gasteiger partial charge in [0.1, 0.15) is 12.4 Å². The van der Waals surface area contributed by atoms with E-state index in [1.165, 1.54) is 17.3 Å². The SMILES string of the molecule is c1cc(CN2CCOC(c3ccc(-c4cncnc4)cn3)C2)c2cccnc2c1. The molecule has 1 saturated heterocycles. The molecule has 0 amide bonds. The van der Waals surface area contributed by atoms with Crippen LogP contribution in [0.3, 0.4) is 0 Å². The van der Waals surface area contributed by atoms with Crippen LogP contribution in [0.1, 0.15) is 17.4 Å². The number of rotatable bonds is 4. The molecule has 1 aliphatic rings. The first-order valence-electron chi connectivity index (χ1n) is 9.75. The molecule has 0 bridgehead atoms. The summed E-state index contributed by atoms with van der Waals surface area (Å²) in [5.41, 5.74) is 5.25. The van der Waals surface area contributed by atoms with E-state index in [0.29, 0.717) is 6.61 Å². The van der Waals surface area contributed by atoms with Crippen molar-refractivity contribution in [2.45, 2.75) is 12.6 Å². The van der Waals surface area contributed by atoms with Crippen LogP contribution in [0.2, 0.25) is 0 Å². The van der Waals surface area contributed by atoms with Crippen molar-refractivity contribution in [1.29, 1.82) is 0 Å². The molecular formula is C23H21N5O. The van der Waals surface area contributed by atoms with Gasteiger partial charge in [-0.05, 0) is 23.8 Å². The monoisotopic (exact) mass is 383 g/mol. The lowest BCUT2D eigenvalue weighted by Gasteiger charge is -2.33. The second-order valence-electron chi connectivity index (χ2n) is 7.18. The number of fused-ring (bicyclic) bond motifs is 1. The highest BCUT2D eigenvalue weighted by Crippen LogP contribution is 2.25. The molecule has 0 saturated carbocycles. The van der Waals surface area contributed by atoms with E-state index in [1.54, 1.807) is 12.4 Å². The molecule has 144 valence electrons. The van der Waals surface area contributed by atoms with Gasteiger partial charge in [0.05, 0.1) is 17.8 Å². The molecule has 4 aromatic rings. The molecule has 0 N–H and O–H groups in total. The lowest BCUT2D eigenvalue weighted by Crippen LogP contribution is -2.38. The minimum atomic E-state index is -0.0297. The number of ether oxygens (including phenoxy) is 1. The Hall–Kier alpha value is -3.22. The number of benzene rings is 1. The average molecular weight is 383 g/mol. The molecular weight excluding hydrogens is 362 g/mol. The largest absolute Gasteiger partial charge is 0.369 e. The summed E-state index contributed by atoms with van der Waals surface area (Å²) in [5, 5.41) is 1.21. The first-order chi connectivity index (χ1) is 14.4. The van der Waals surface area contributed by atoms with Gasteiger partial charge in [0.15, 0.2) is 0 Å². The lowest BCUT2D eigenvalue weighted by molar-refractivity contribution is -0.0348. The zero-order chi connectivity index (χ0) is 19.5. The van der Waals surface area contributed by atoms with Gasteiger partial charge in [-0.2, -0.15) is 0 Å². The fraction of sp³-hybridized carbons (Fsp3) is 0.217. The van der Waals surface area contributed by atoms with Crippen LogP contribution in [-0.2, 0) is 11.3 Å². The molecule has 0 radical (unpaired) electrons. The molecule has 3 aromatic heterocycles. The van der Waals surface area contributed by atoms with E-state index in [1.807, 2.05) is 24.5 Å². The Bertz CT molecular complexity index is 1100. The Balaban J connectivity index is 1.32. The third-order valence-electron chi connectivity index (χ3n) is 5.29. The van der Waals surface area contributed by atoms with Gasteiger partial charge in [-0.25, -0.2) is 9.97 Å². The number of pyridine rings is 2. The summed E-state index contributed by atoms with van der Waals surface area (Å²) in [5.74, 6) is 0. The molecule has 5 rings (SSSR count). The Kier molecular flexibility index (Phi) is 4.94. The predicted molar refractivity (Wildman–Crippen MR) is 111 cm³/mol. The lowest BCUT2D eigenvalue weighted by atomic mass is 10.1. The molecule has 0 aliphatic carbocycles. The topological polar surface area (TPSA) is 64.0 Å². The Labute approximate surface area is 169 Å². The number of hydrogen-bond donors (Lipinski definition) is 0. The molecule has 1 aromatic carbocycles. The minimum Gasteiger partial charge on any atom is -0.369 e. The number of aromatic nitrogens is 4. The number of nitrogens with zero attached hydrogens (tertiary/aromatic N) is 5. The van der Waals surface area contributed by atoms with Crippen LogP contribution < -0.4 is 0 Å². The third-order valence-corrected chi connectivity index (χ3v) is 5.29. The van der Waals surface area contributed by atoms with E-state index >= 15 is 0 Å². The summed E-state index contributed by atoms with van der Waals surface area (Å²) in [6, 6.07) is 14.6. The Morgan fingerprint density at radius 1 is 0.931 bits per heavy atom. The summed E-state index contributed by atoms with van der Waals surface area (Å²) in [6.07, 6.45) is 8.80. The van der Waals surface area contributed by atoms with E-state index < -0.39 is 0 Å². The summed E-state index contributed by atoms with van der Waals surface area (Å²) >= 11 is 0. The zero-order valence-electron chi connectivity index (χ0n) is 16.0. The highest BCUT2D eigenvalue weighted by Gasteiger charge is 2.23. The maximum atomic E-state index is 6.02. The molecule has 29 heavy (non-hydrogen) atoms. The standard InChI is InChI=1S/C23H21N5O/c1-3-18(20-4-2-8-26-21(20)5-1)14-28-9-10-29-23(15-28)22-7-6-17(13-27-22)19-11-24-16-25-12-19/h1-8,11-13,16,23H,9-10,14-15H2. The number of morpholine rings is 1. The van der Waals surface area contributed by atoms with Crippen molar-refractivity contribution in [3.8, 4) is 11.1 Å². The highest BCUT2D eigenvalue weighted by molar-refractivity contribution is 5.81. The second-order valence-corrected chi connectivity index (χ2v) is 7.18. The van der Waals surface area contributed by atoms with Gasteiger partial charge in [-0.1, -0.05) is 24.3 Å². The van der Waals surface area contributed by atoms with Crippen molar-refractivity contribution in [1.82, 2.24) is 24.8 Å². The molecule has 0 spiro atoms. The summed E-state index contributed by atoms with van der Waals surface area (Å²) in [4.78, 5) is 19.7. The normalized spacial score (nSPS) is 17.4. The molecule has 4 heterocycles. The van der Waals surface area contributed by atoms with Crippen LogP contribution in [0, 0.1) is 0 Å². The Morgan fingerprint density at radius 2 is 1.86 bits per heavy atom. The minimum absolute atomic E-state index is 0.0297. The maximum absolute atomic E-state index is 6.02. The Morgan fingerprint density at radius 3 is 2.72 bits per heavy atom. The highest BCUT2D eigenvalue weighted by atomic mass is 16.5. The fourth-order valence-electron chi connectivity index (χ4n) is 3.79. The van der Waals surface area contributed by atoms with E-state index in [-0.39, 0.29) is 6.10 Å². The maximum Gasteiger partial charge on any atom is 0.115 e. The van der Waals surface area contributed by atoms with E-state index in [4.69, 9.17) is 4.74 Å². The molecule has 6 nitrogen and oxygen atoms in total. The van der Waals surface area contributed by atoms with Gasteiger partial charge < -0.3 is 4.74 Å². The van der Waals surface area contributed by atoms with Crippen molar-refractivity contribution in [3.05, 3.63) is 84.8 Å². The first kappa shape index (κ1) is 17.8. The van der Waals surface area contributed by atoms with Crippen LogP contribution >= 0.6 is 0 Å². The van der Waals surface area contributed by atoms with Crippen LogP contribution in [0.15, 0.2) is 73.6 Å². The molecule has 1 aliphatic heterocycles. The predicted octanol–water partition coefficient (Wildman–Crippen LogP) is 3.66. The zero-order valence-corrected chi connectivity index (χ0v) is 16.0. The average Bonchev–Trinajstić information content (AvgIpc) is 2.80. The van der Waals surface area contributed by atoms with Crippen molar-refractivity contribution in [2.75, 3.05) is 19.7 Å². The van der Waals surface area contributed by atoms with E-state index in [2.05, 4.69) is 55.2 Å². The van der Waals surface area contributed by atoms with Crippen LogP contribution in [0.25, 0.3) is 22.0 Å². The first-order valence-corrected chi connectivity index (χ1v) is 9.75. The van der Waals surface area contributed by atoms with Gasteiger partial charge in [0.25, 0.3) is 0 Å². The van der Waals surface area contributed by atoms with Crippen molar-refractivity contribution in [2.24, 2.45) is 0 Å². The van der Waals surface area contributed by atoms with E-state index in [9.17, 15) is 0 Å².